The van der Waals surface area contributed by atoms with Gasteiger partial charge in [0.15, 0.2) is 0 Å². The molecule has 0 aromatic heterocycles. The highest BCUT2D eigenvalue weighted by atomic mass is 16.5. The van der Waals surface area contributed by atoms with Gasteiger partial charge >= 0.3 is 12.1 Å². The molecule has 0 bridgehead atoms. The highest BCUT2D eigenvalue weighted by Gasteiger charge is 2.30. The number of carboxylic acids is 1. The molecule has 0 spiro atoms. The third-order valence-corrected chi connectivity index (χ3v) is 5.73. The average molecular weight is 444 g/mol. The Hall–Kier alpha value is -4.13. The molecule has 3 N–H and O–H groups in total. The zero-order chi connectivity index (χ0) is 23.4. The Kier molecular flexibility index (Phi) is 6.40. The Morgan fingerprint density at radius 2 is 1.39 bits per heavy atom. The number of fused-ring (bicyclic) bond motifs is 3. The summed E-state index contributed by atoms with van der Waals surface area (Å²) in [5.41, 5.74) is 4.91. The predicted molar refractivity (Wildman–Crippen MR) is 123 cm³/mol. The smallest absolute Gasteiger partial charge is 0.408 e. The maximum atomic E-state index is 12.7. The molecule has 168 valence electrons. The summed E-state index contributed by atoms with van der Waals surface area (Å²) in [4.78, 5) is 36.6. The fraction of sp³-hybridized carbons (Fsp3) is 0.192. The number of carbonyl (C=O) groups excluding carboxylic acids is 2. The number of alkyl carbamates (subject to hydrolysis) is 1. The standard InChI is InChI=1S/C26H24N2O5/c1-16(25(30)31)27-24(29)23(17-9-3-2-4-10-17)28-26(32)33-15-22-20-13-7-5-11-18(20)19-12-6-8-14-21(19)22/h2-14,16,22-23H,15H2,1H3,(H,27,29)(H,28,32)(H,30,31)/t16-,23+/m1/s1. The van der Waals surface area contributed by atoms with Crippen LogP contribution in [0.2, 0.25) is 0 Å². The van der Waals surface area contributed by atoms with Crippen LogP contribution in [-0.4, -0.2) is 35.7 Å². The number of benzene rings is 3. The van der Waals surface area contributed by atoms with Gasteiger partial charge < -0.3 is 20.5 Å². The molecule has 0 radical (unpaired) electrons. The van der Waals surface area contributed by atoms with Gasteiger partial charge in [-0.15, -0.1) is 0 Å². The van der Waals surface area contributed by atoms with Crippen LogP contribution in [-0.2, 0) is 14.3 Å². The molecule has 0 unspecified atom stereocenters. The number of nitrogens with one attached hydrogen (secondary N) is 2. The molecule has 0 saturated heterocycles. The monoisotopic (exact) mass is 444 g/mol. The first kappa shape index (κ1) is 22.1. The van der Waals surface area contributed by atoms with Gasteiger partial charge in [0.1, 0.15) is 18.7 Å². The van der Waals surface area contributed by atoms with Gasteiger partial charge in [0.2, 0.25) is 5.91 Å². The van der Waals surface area contributed by atoms with Crippen molar-refractivity contribution in [2.45, 2.75) is 24.9 Å². The number of carbonyl (C=O) groups is 3. The van der Waals surface area contributed by atoms with Crippen molar-refractivity contribution in [3.8, 4) is 11.1 Å². The summed E-state index contributed by atoms with van der Waals surface area (Å²) in [5, 5.41) is 14.1. The number of aliphatic carboxylic acids is 1. The van der Waals surface area contributed by atoms with E-state index in [0.29, 0.717) is 5.56 Å². The van der Waals surface area contributed by atoms with Crippen molar-refractivity contribution in [3.63, 3.8) is 0 Å². The summed E-state index contributed by atoms with van der Waals surface area (Å²) >= 11 is 0. The largest absolute Gasteiger partial charge is 0.480 e. The van der Waals surface area contributed by atoms with Gasteiger partial charge in [-0.2, -0.15) is 0 Å². The number of ether oxygens (including phenoxy) is 1. The Balaban J connectivity index is 1.48. The predicted octanol–water partition coefficient (Wildman–Crippen LogP) is 3.86. The molecule has 0 heterocycles. The molecule has 4 rings (SSSR count). The van der Waals surface area contributed by atoms with Crippen molar-refractivity contribution in [3.05, 3.63) is 95.6 Å². The third kappa shape index (κ3) is 4.72. The zero-order valence-corrected chi connectivity index (χ0v) is 18.0. The van der Waals surface area contributed by atoms with Crippen molar-refractivity contribution >= 4 is 18.0 Å². The molecule has 3 aromatic rings. The molecule has 3 aromatic carbocycles. The topological polar surface area (TPSA) is 105 Å². The number of carboxylic acid groups (broad SMARTS) is 1. The second-order valence-corrected chi connectivity index (χ2v) is 7.88. The Labute approximate surface area is 191 Å². The molecule has 7 nitrogen and oxygen atoms in total. The van der Waals surface area contributed by atoms with Crippen LogP contribution in [0.4, 0.5) is 4.79 Å². The van der Waals surface area contributed by atoms with E-state index in [1.807, 2.05) is 48.5 Å². The minimum absolute atomic E-state index is 0.106. The minimum Gasteiger partial charge on any atom is -0.480 e. The Morgan fingerprint density at radius 1 is 0.848 bits per heavy atom. The van der Waals surface area contributed by atoms with Gasteiger partial charge in [0.05, 0.1) is 0 Å². The molecule has 0 saturated carbocycles. The molecule has 1 aliphatic rings. The quantitative estimate of drug-likeness (QED) is 0.513. The summed E-state index contributed by atoms with van der Waals surface area (Å²) in [6.45, 7) is 1.46. The number of amides is 2. The highest BCUT2D eigenvalue weighted by molar-refractivity contribution is 5.90. The molecule has 0 aliphatic heterocycles. The van der Waals surface area contributed by atoms with Crippen LogP contribution in [0.25, 0.3) is 11.1 Å². The highest BCUT2D eigenvalue weighted by Crippen LogP contribution is 2.44. The van der Waals surface area contributed by atoms with Crippen LogP contribution in [0, 0.1) is 0 Å². The van der Waals surface area contributed by atoms with E-state index >= 15 is 0 Å². The van der Waals surface area contributed by atoms with Crippen LogP contribution >= 0.6 is 0 Å². The van der Waals surface area contributed by atoms with E-state index in [1.54, 1.807) is 30.3 Å². The molecule has 0 fully saturated rings. The molecular weight excluding hydrogens is 420 g/mol. The van der Waals surface area contributed by atoms with Crippen LogP contribution in [0.5, 0.6) is 0 Å². The lowest BCUT2D eigenvalue weighted by Crippen LogP contribution is -2.46. The van der Waals surface area contributed by atoms with Crippen LogP contribution in [0.3, 0.4) is 0 Å². The molecule has 33 heavy (non-hydrogen) atoms. The van der Waals surface area contributed by atoms with E-state index in [-0.39, 0.29) is 12.5 Å². The van der Waals surface area contributed by atoms with E-state index in [1.165, 1.54) is 6.92 Å². The first-order chi connectivity index (χ1) is 16.0. The summed E-state index contributed by atoms with van der Waals surface area (Å²) in [6.07, 6.45) is -0.760. The van der Waals surface area contributed by atoms with Crippen LogP contribution < -0.4 is 10.6 Å². The normalized spacial score (nSPS) is 13.8. The van der Waals surface area contributed by atoms with Crippen molar-refractivity contribution in [2.75, 3.05) is 6.61 Å². The maximum absolute atomic E-state index is 12.7. The molecule has 2 atom stereocenters. The number of hydrogen-bond acceptors (Lipinski definition) is 4. The lowest BCUT2D eigenvalue weighted by atomic mass is 9.98. The van der Waals surface area contributed by atoms with E-state index in [0.717, 1.165) is 22.3 Å². The lowest BCUT2D eigenvalue weighted by molar-refractivity contribution is -0.141. The second kappa shape index (κ2) is 9.56. The summed E-state index contributed by atoms with van der Waals surface area (Å²) in [7, 11) is 0. The zero-order valence-electron chi connectivity index (χ0n) is 18.0. The molecule has 2 amide bonds. The lowest BCUT2D eigenvalue weighted by Gasteiger charge is -2.21. The minimum atomic E-state index is -1.17. The summed E-state index contributed by atoms with van der Waals surface area (Å²) in [6, 6.07) is 22.4. The van der Waals surface area contributed by atoms with Crippen molar-refractivity contribution in [1.29, 1.82) is 0 Å². The van der Waals surface area contributed by atoms with Crippen molar-refractivity contribution in [2.24, 2.45) is 0 Å². The third-order valence-electron chi connectivity index (χ3n) is 5.73. The maximum Gasteiger partial charge on any atom is 0.408 e. The Morgan fingerprint density at radius 3 is 1.97 bits per heavy atom. The van der Waals surface area contributed by atoms with E-state index in [9.17, 15) is 14.4 Å². The van der Waals surface area contributed by atoms with Crippen LogP contribution in [0.15, 0.2) is 78.9 Å². The van der Waals surface area contributed by atoms with Crippen molar-refractivity contribution < 1.29 is 24.2 Å². The van der Waals surface area contributed by atoms with Crippen molar-refractivity contribution in [1.82, 2.24) is 10.6 Å². The first-order valence-electron chi connectivity index (χ1n) is 10.7. The fourth-order valence-corrected chi connectivity index (χ4v) is 4.06. The summed E-state index contributed by atoms with van der Waals surface area (Å²) < 4.78 is 5.55. The fourth-order valence-electron chi connectivity index (χ4n) is 4.06. The van der Waals surface area contributed by atoms with E-state index in [2.05, 4.69) is 10.6 Å². The van der Waals surface area contributed by atoms with Gasteiger partial charge in [-0.3, -0.25) is 9.59 Å². The van der Waals surface area contributed by atoms with E-state index in [4.69, 9.17) is 9.84 Å². The number of hydrogen-bond donors (Lipinski definition) is 3. The second-order valence-electron chi connectivity index (χ2n) is 7.88. The van der Waals surface area contributed by atoms with Crippen LogP contribution in [0.1, 0.15) is 35.6 Å². The summed E-state index contributed by atoms with van der Waals surface area (Å²) in [5.74, 6) is -1.92. The van der Waals surface area contributed by atoms with E-state index < -0.39 is 30.1 Å². The number of rotatable bonds is 7. The van der Waals surface area contributed by atoms with Gasteiger partial charge in [-0.05, 0) is 34.7 Å². The first-order valence-corrected chi connectivity index (χ1v) is 10.7. The van der Waals surface area contributed by atoms with Gasteiger partial charge in [-0.1, -0.05) is 78.9 Å². The van der Waals surface area contributed by atoms with Gasteiger partial charge in [0, 0.05) is 5.92 Å². The SMILES string of the molecule is C[C@@H](NC(=O)[C@@H](NC(=O)OCC1c2ccccc2-c2ccccc21)c1ccccc1)C(=O)O. The van der Waals surface area contributed by atoms with Gasteiger partial charge in [0.25, 0.3) is 0 Å². The molecule has 1 aliphatic carbocycles. The Bertz CT molecular complexity index is 1130. The molecule has 7 heteroatoms. The average Bonchev–Trinajstić information content (AvgIpc) is 3.15. The molecular formula is C26H24N2O5. The van der Waals surface area contributed by atoms with Gasteiger partial charge in [-0.25, -0.2) is 4.79 Å².